The first kappa shape index (κ1) is 12.1. The van der Waals surface area contributed by atoms with Crippen LogP contribution in [0.2, 0.25) is 0 Å². The van der Waals surface area contributed by atoms with E-state index in [2.05, 4.69) is 4.90 Å². The maximum Gasteiger partial charge on any atom is 0.164 e. The minimum Gasteiger partial charge on any atom is -0.508 e. The number of carbonyl (C=O) groups excluding carboxylic acids is 1. The first-order chi connectivity index (χ1) is 8.25. The third-order valence-corrected chi connectivity index (χ3v) is 2.93. The topological polar surface area (TPSA) is 49.8 Å². The minimum absolute atomic E-state index is 0.0763. The van der Waals surface area contributed by atoms with Crippen molar-refractivity contribution in [2.45, 2.75) is 6.42 Å². The Morgan fingerprint density at radius 3 is 2.82 bits per heavy atom. The van der Waals surface area contributed by atoms with Crippen LogP contribution >= 0.6 is 0 Å². The van der Waals surface area contributed by atoms with Gasteiger partial charge in [0.15, 0.2) is 5.78 Å². The molecule has 0 unspecified atom stereocenters. The van der Waals surface area contributed by atoms with E-state index in [1.54, 1.807) is 18.2 Å². The Labute approximate surface area is 101 Å². The molecule has 0 aromatic heterocycles. The molecule has 0 atom stereocenters. The molecule has 1 saturated heterocycles. The fourth-order valence-corrected chi connectivity index (χ4v) is 1.91. The Bertz CT molecular complexity index is 386. The van der Waals surface area contributed by atoms with Gasteiger partial charge in [-0.25, -0.2) is 0 Å². The largest absolute Gasteiger partial charge is 0.508 e. The predicted octanol–water partition coefficient (Wildman–Crippen LogP) is 1.30. The van der Waals surface area contributed by atoms with Crippen molar-refractivity contribution in [2.24, 2.45) is 0 Å². The summed E-state index contributed by atoms with van der Waals surface area (Å²) in [4.78, 5) is 14.1. The highest BCUT2D eigenvalue weighted by Crippen LogP contribution is 2.13. The summed E-state index contributed by atoms with van der Waals surface area (Å²) in [5, 5.41) is 9.30. The van der Waals surface area contributed by atoms with Gasteiger partial charge in [-0.3, -0.25) is 9.69 Å². The molecule has 1 aromatic rings. The van der Waals surface area contributed by atoms with Crippen molar-refractivity contribution in [1.82, 2.24) is 4.90 Å². The third-order valence-electron chi connectivity index (χ3n) is 2.93. The van der Waals surface area contributed by atoms with Crippen LogP contribution in [-0.2, 0) is 4.74 Å². The van der Waals surface area contributed by atoms with Gasteiger partial charge in [-0.05, 0) is 12.1 Å². The lowest BCUT2D eigenvalue weighted by Crippen LogP contribution is -2.37. The lowest BCUT2D eigenvalue weighted by Gasteiger charge is -2.26. The van der Waals surface area contributed by atoms with E-state index in [0.717, 1.165) is 32.8 Å². The Hall–Kier alpha value is -1.39. The van der Waals surface area contributed by atoms with Gasteiger partial charge in [0.25, 0.3) is 0 Å². The highest BCUT2D eigenvalue weighted by atomic mass is 16.5. The summed E-state index contributed by atoms with van der Waals surface area (Å²) in [6.45, 7) is 4.05. The standard InChI is InChI=1S/C13H17NO3/c15-12-3-1-2-11(10-12)13(16)4-5-14-6-8-17-9-7-14/h1-3,10,15H,4-9H2. The van der Waals surface area contributed by atoms with Crippen molar-refractivity contribution in [3.8, 4) is 5.75 Å². The van der Waals surface area contributed by atoms with Crippen LogP contribution in [0.15, 0.2) is 24.3 Å². The quantitative estimate of drug-likeness (QED) is 0.799. The summed E-state index contributed by atoms with van der Waals surface area (Å²) >= 11 is 0. The van der Waals surface area contributed by atoms with Crippen LogP contribution < -0.4 is 0 Å². The Kier molecular flexibility index (Phi) is 4.12. The van der Waals surface area contributed by atoms with E-state index >= 15 is 0 Å². The number of hydrogen-bond acceptors (Lipinski definition) is 4. The Morgan fingerprint density at radius 2 is 2.12 bits per heavy atom. The second-order valence-electron chi connectivity index (χ2n) is 4.18. The van der Waals surface area contributed by atoms with E-state index < -0.39 is 0 Å². The van der Waals surface area contributed by atoms with Gasteiger partial charge in [-0.15, -0.1) is 0 Å². The average Bonchev–Trinajstić information content (AvgIpc) is 2.37. The number of phenols is 1. The number of ether oxygens (including phenoxy) is 1. The number of aromatic hydroxyl groups is 1. The van der Waals surface area contributed by atoms with E-state index in [-0.39, 0.29) is 11.5 Å². The van der Waals surface area contributed by atoms with Gasteiger partial charge in [0.2, 0.25) is 0 Å². The van der Waals surface area contributed by atoms with Gasteiger partial charge in [-0.1, -0.05) is 12.1 Å². The molecule has 17 heavy (non-hydrogen) atoms. The van der Waals surface area contributed by atoms with Crippen LogP contribution in [0, 0.1) is 0 Å². The molecule has 1 heterocycles. The van der Waals surface area contributed by atoms with Gasteiger partial charge in [-0.2, -0.15) is 0 Å². The Morgan fingerprint density at radius 1 is 1.35 bits per heavy atom. The molecular weight excluding hydrogens is 218 g/mol. The van der Waals surface area contributed by atoms with E-state index in [1.807, 2.05) is 0 Å². The van der Waals surface area contributed by atoms with E-state index in [9.17, 15) is 9.90 Å². The van der Waals surface area contributed by atoms with E-state index in [4.69, 9.17) is 4.74 Å². The summed E-state index contributed by atoms with van der Waals surface area (Å²) in [7, 11) is 0. The molecular formula is C13H17NO3. The molecule has 4 nitrogen and oxygen atoms in total. The fraction of sp³-hybridized carbons (Fsp3) is 0.462. The summed E-state index contributed by atoms with van der Waals surface area (Å²) in [5.41, 5.74) is 0.582. The normalized spacial score (nSPS) is 16.9. The van der Waals surface area contributed by atoms with Crippen LogP contribution in [-0.4, -0.2) is 48.6 Å². The van der Waals surface area contributed by atoms with Gasteiger partial charge in [0, 0.05) is 31.6 Å². The number of hydrogen-bond donors (Lipinski definition) is 1. The molecule has 0 spiro atoms. The van der Waals surface area contributed by atoms with Crippen molar-refractivity contribution in [3.05, 3.63) is 29.8 Å². The van der Waals surface area contributed by atoms with Gasteiger partial charge < -0.3 is 9.84 Å². The summed E-state index contributed by atoms with van der Waals surface area (Å²) in [6, 6.07) is 6.51. The van der Waals surface area contributed by atoms with Crippen molar-refractivity contribution in [2.75, 3.05) is 32.8 Å². The molecule has 0 bridgehead atoms. The van der Waals surface area contributed by atoms with Crippen LogP contribution in [0.1, 0.15) is 16.8 Å². The van der Waals surface area contributed by atoms with E-state index in [1.165, 1.54) is 6.07 Å². The number of phenolic OH excluding ortho intramolecular Hbond substituents is 1. The molecule has 4 heteroatoms. The maximum atomic E-state index is 11.9. The number of nitrogens with zero attached hydrogens (tertiary/aromatic N) is 1. The van der Waals surface area contributed by atoms with E-state index in [0.29, 0.717) is 12.0 Å². The number of carbonyl (C=O) groups is 1. The second-order valence-corrected chi connectivity index (χ2v) is 4.18. The number of benzene rings is 1. The van der Waals surface area contributed by atoms with Crippen LogP contribution in [0.25, 0.3) is 0 Å². The zero-order valence-electron chi connectivity index (χ0n) is 9.76. The van der Waals surface area contributed by atoms with Crippen molar-refractivity contribution >= 4 is 5.78 Å². The smallest absolute Gasteiger partial charge is 0.164 e. The zero-order chi connectivity index (χ0) is 12.1. The number of ketones is 1. The molecule has 1 N–H and O–H groups in total. The monoisotopic (exact) mass is 235 g/mol. The van der Waals surface area contributed by atoms with Crippen LogP contribution in [0.5, 0.6) is 5.75 Å². The van der Waals surface area contributed by atoms with Crippen molar-refractivity contribution < 1.29 is 14.6 Å². The highest BCUT2D eigenvalue weighted by molar-refractivity contribution is 5.96. The SMILES string of the molecule is O=C(CCN1CCOCC1)c1cccc(O)c1. The molecule has 0 aliphatic carbocycles. The second kappa shape index (κ2) is 5.80. The predicted molar refractivity (Wildman–Crippen MR) is 64.3 cm³/mol. The maximum absolute atomic E-state index is 11.9. The lowest BCUT2D eigenvalue weighted by molar-refractivity contribution is 0.0370. The highest BCUT2D eigenvalue weighted by Gasteiger charge is 2.13. The molecule has 1 aromatic carbocycles. The number of morpholine rings is 1. The lowest BCUT2D eigenvalue weighted by atomic mass is 10.1. The molecule has 0 amide bonds. The number of rotatable bonds is 4. The first-order valence-corrected chi connectivity index (χ1v) is 5.88. The summed E-state index contributed by atoms with van der Waals surface area (Å²) in [6.07, 6.45) is 0.490. The zero-order valence-corrected chi connectivity index (χ0v) is 9.76. The molecule has 1 aliphatic heterocycles. The Balaban J connectivity index is 1.84. The number of Topliss-reactive ketones (excluding diaryl/α,β-unsaturated/α-hetero) is 1. The molecule has 2 rings (SSSR count). The molecule has 1 fully saturated rings. The van der Waals surface area contributed by atoms with Crippen molar-refractivity contribution in [1.29, 1.82) is 0 Å². The van der Waals surface area contributed by atoms with Crippen molar-refractivity contribution in [3.63, 3.8) is 0 Å². The van der Waals surface area contributed by atoms with Gasteiger partial charge in [0.05, 0.1) is 13.2 Å². The van der Waals surface area contributed by atoms with Gasteiger partial charge in [0.1, 0.15) is 5.75 Å². The fourth-order valence-electron chi connectivity index (χ4n) is 1.91. The molecule has 0 saturated carbocycles. The van der Waals surface area contributed by atoms with Crippen LogP contribution in [0.4, 0.5) is 0 Å². The summed E-state index contributed by atoms with van der Waals surface area (Å²) < 4.78 is 5.25. The third kappa shape index (κ3) is 3.54. The van der Waals surface area contributed by atoms with Crippen LogP contribution in [0.3, 0.4) is 0 Å². The summed E-state index contributed by atoms with van der Waals surface area (Å²) in [5.74, 6) is 0.217. The average molecular weight is 235 g/mol. The first-order valence-electron chi connectivity index (χ1n) is 5.88. The molecule has 92 valence electrons. The minimum atomic E-state index is 0.0763. The molecule has 1 aliphatic rings. The molecule has 0 radical (unpaired) electrons. The van der Waals surface area contributed by atoms with Gasteiger partial charge >= 0.3 is 0 Å².